The monoisotopic (exact) mass is 501 g/mol. The van der Waals surface area contributed by atoms with Gasteiger partial charge in [-0.1, -0.05) is 0 Å². The normalized spacial score (nSPS) is 13.7. The second-order valence-corrected chi connectivity index (χ2v) is 8.90. The van der Waals surface area contributed by atoms with Gasteiger partial charge in [0, 0.05) is 24.9 Å². The molecule has 4 aromatic rings. The standard InChI is InChI=1S/C26H27N7O4/c1-15(17-6-7-17)37-22-5-4-10-27-21(22)13-28-25(35)19-11-18(12-29-26(19)36-3)20-8-9-24-31-23(30-16(2)34)14-33(24)32-20/h4-5,8-12,14-15,17H,6-7,13H2,1-3H3,(H,28,35)(H,30,34). The zero-order valence-corrected chi connectivity index (χ0v) is 20.8. The lowest BCUT2D eigenvalue weighted by Crippen LogP contribution is -2.25. The van der Waals surface area contributed by atoms with Gasteiger partial charge in [0.1, 0.15) is 17.0 Å². The number of pyridine rings is 2. The van der Waals surface area contributed by atoms with Gasteiger partial charge in [0.15, 0.2) is 11.5 Å². The average molecular weight is 502 g/mol. The van der Waals surface area contributed by atoms with E-state index in [2.05, 4.69) is 37.6 Å². The highest BCUT2D eigenvalue weighted by Gasteiger charge is 2.30. The molecule has 0 aromatic carbocycles. The summed E-state index contributed by atoms with van der Waals surface area (Å²) in [6, 6.07) is 8.89. The third-order valence-electron chi connectivity index (χ3n) is 6.07. The van der Waals surface area contributed by atoms with Crippen molar-refractivity contribution in [3.63, 3.8) is 0 Å². The fourth-order valence-electron chi connectivity index (χ4n) is 3.98. The van der Waals surface area contributed by atoms with E-state index in [1.54, 1.807) is 41.3 Å². The van der Waals surface area contributed by atoms with Crippen LogP contribution in [0.15, 0.2) is 48.9 Å². The van der Waals surface area contributed by atoms with Crippen LogP contribution in [0.5, 0.6) is 11.6 Å². The van der Waals surface area contributed by atoms with Crippen LogP contribution in [0.4, 0.5) is 5.82 Å². The number of hydrogen-bond donors (Lipinski definition) is 2. The van der Waals surface area contributed by atoms with Crippen LogP contribution >= 0.6 is 0 Å². The number of methoxy groups -OCH3 is 1. The predicted octanol–water partition coefficient (Wildman–Crippen LogP) is 3.26. The van der Waals surface area contributed by atoms with Crippen molar-refractivity contribution in [3.8, 4) is 22.9 Å². The van der Waals surface area contributed by atoms with Crippen molar-refractivity contribution < 1.29 is 19.1 Å². The third kappa shape index (κ3) is 5.50. The fraction of sp³-hybridized carbons (Fsp3) is 0.308. The van der Waals surface area contributed by atoms with E-state index in [1.807, 2.05) is 12.1 Å². The van der Waals surface area contributed by atoms with Crippen LogP contribution in [-0.2, 0) is 11.3 Å². The van der Waals surface area contributed by atoms with Gasteiger partial charge in [-0.2, -0.15) is 5.10 Å². The van der Waals surface area contributed by atoms with E-state index in [0.29, 0.717) is 40.1 Å². The lowest BCUT2D eigenvalue weighted by molar-refractivity contribution is -0.114. The summed E-state index contributed by atoms with van der Waals surface area (Å²) in [5.41, 5.74) is 2.65. The molecule has 11 nitrogen and oxygen atoms in total. The molecule has 0 radical (unpaired) electrons. The Kier molecular flexibility index (Phi) is 6.67. The number of anilines is 1. The van der Waals surface area contributed by atoms with Crippen molar-refractivity contribution in [2.24, 2.45) is 5.92 Å². The number of ether oxygens (including phenoxy) is 2. The van der Waals surface area contributed by atoms with Crippen molar-refractivity contribution in [3.05, 3.63) is 60.2 Å². The van der Waals surface area contributed by atoms with Crippen molar-refractivity contribution in [2.75, 3.05) is 12.4 Å². The molecule has 1 aliphatic carbocycles. The summed E-state index contributed by atoms with van der Waals surface area (Å²) in [7, 11) is 1.46. The Labute approximate surface area is 213 Å². The molecule has 1 atom stereocenters. The number of rotatable bonds is 9. The molecule has 2 N–H and O–H groups in total. The van der Waals surface area contributed by atoms with Crippen LogP contribution in [-0.4, -0.2) is 49.6 Å². The lowest BCUT2D eigenvalue weighted by Gasteiger charge is -2.17. The summed E-state index contributed by atoms with van der Waals surface area (Å²) in [5, 5.41) is 10.1. The Hall–Kier alpha value is -4.54. The van der Waals surface area contributed by atoms with Crippen LogP contribution in [0, 0.1) is 5.92 Å². The number of imidazole rings is 1. The van der Waals surface area contributed by atoms with Gasteiger partial charge in [0.25, 0.3) is 5.91 Å². The minimum atomic E-state index is -0.366. The molecule has 0 saturated heterocycles. The van der Waals surface area contributed by atoms with E-state index in [9.17, 15) is 9.59 Å². The first-order valence-corrected chi connectivity index (χ1v) is 12.0. The zero-order valence-electron chi connectivity index (χ0n) is 20.8. The molecule has 2 amide bonds. The van der Waals surface area contributed by atoms with Crippen molar-refractivity contribution in [2.45, 2.75) is 39.3 Å². The van der Waals surface area contributed by atoms with E-state index in [4.69, 9.17) is 9.47 Å². The second kappa shape index (κ2) is 10.2. The molecular formula is C26H27N7O4. The average Bonchev–Trinajstić information content (AvgIpc) is 3.67. The highest BCUT2D eigenvalue weighted by molar-refractivity contribution is 5.97. The maximum atomic E-state index is 13.2. The van der Waals surface area contributed by atoms with E-state index in [-0.39, 0.29) is 35.9 Å². The minimum Gasteiger partial charge on any atom is -0.488 e. The van der Waals surface area contributed by atoms with Crippen LogP contribution in [0.25, 0.3) is 16.9 Å². The molecule has 1 aliphatic rings. The van der Waals surface area contributed by atoms with E-state index < -0.39 is 0 Å². The second-order valence-electron chi connectivity index (χ2n) is 8.90. The first-order chi connectivity index (χ1) is 17.9. The van der Waals surface area contributed by atoms with Gasteiger partial charge in [-0.15, -0.1) is 0 Å². The van der Waals surface area contributed by atoms with Crippen LogP contribution < -0.4 is 20.1 Å². The molecule has 1 saturated carbocycles. The van der Waals surface area contributed by atoms with E-state index in [0.717, 1.165) is 0 Å². The topological polar surface area (TPSA) is 133 Å². The number of fused-ring (bicyclic) bond motifs is 1. The van der Waals surface area contributed by atoms with Crippen LogP contribution in [0.2, 0.25) is 0 Å². The van der Waals surface area contributed by atoms with Gasteiger partial charge in [-0.3, -0.25) is 14.6 Å². The van der Waals surface area contributed by atoms with Crippen LogP contribution in [0.1, 0.15) is 42.7 Å². The number of aromatic nitrogens is 5. The SMILES string of the molecule is COc1ncc(-c2ccc3nc(NC(C)=O)cn3n2)cc1C(=O)NCc1ncccc1OC(C)C1CC1. The Morgan fingerprint density at radius 2 is 2.05 bits per heavy atom. The van der Waals surface area contributed by atoms with Gasteiger partial charge >= 0.3 is 0 Å². The van der Waals surface area contributed by atoms with Crippen LogP contribution in [0.3, 0.4) is 0 Å². The lowest BCUT2D eigenvalue weighted by atomic mass is 10.1. The number of nitrogens with zero attached hydrogens (tertiary/aromatic N) is 5. The maximum Gasteiger partial charge on any atom is 0.257 e. The summed E-state index contributed by atoms with van der Waals surface area (Å²) < 4.78 is 13.0. The first-order valence-electron chi connectivity index (χ1n) is 12.0. The summed E-state index contributed by atoms with van der Waals surface area (Å²) in [5.74, 6) is 1.24. The minimum absolute atomic E-state index is 0.106. The van der Waals surface area contributed by atoms with Gasteiger partial charge < -0.3 is 20.1 Å². The maximum absolute atomic E-state index is 13.2. The summed E-state index contributed by atoms with van der Waals surface area (Å²) >= 11 is 0. The molecular weight excluding hydrogens is 474 g/mol. The number of carbonyl (C=O) groups excluding carboxylic acids is 2. The quantitative estimate of drug-likeness (QED) is 0.357. The molecule has 1 unspecified atom stereocenters. The van der Waals surface area contributed by atoms with Crippen molar-refractivity contribution >= 4 is 23.3 Å². The van der Waals surface area contributed by atoms with E-state index in [1.165, 1.54) is 26.9 Å². The van der Waals surface area contributed by atoms with Gasteiger partial charge in [0.05, 0.1) is 31.6 Å². The number of hydrogen-bond acceptors (Lipinski definition) is 8. The van der Waals surface area contributed by atoms with E-state index >= 15 is 0 Å². The Bertz CT molecular complexity index is 1460. The highest BCUT2D eigenvalue weighted by Crippen LogP contribution is 2.35. The van der Waals surface area contributed by atoms with Gasteiger partial charge in [0.2, 0.25) is 11.8 Å². The Balaban J connectivity index is 1.35. The summed E-state index contributed by atoms with van der Waals surface area (Å²) in [4.78, 5) is 37.5. The van der Waals surface area contributed by atoms with Gasteiger partial charge in [-0.05, 0) is 56.0 Å². The molecule has 1 fully saturated rings. The summed E-state index contributed by atoms with van der Waals surface area (Å²) in [6.07, 6.45) is 7.33. The fourth-order valence-corrected chi connectivity index (χ4v) is 3.98. The largest absolute Gasteiger partial charge is 0.488 e. The third-order valence-corrected chi connectivity index (χ3v) is 6.07. The number of nitrogens with one attached hydrogen (secondary N) is 2. The molecule has 37 heavy (non-hydrogen) atoms. The molecule has 11 heteroatoms. The smallest absolute Gasteiger partial charge is 0.257 e. The molecule has 0 spiro atoms. The molecule has 4 heterocycles. The molecule has 5 rings (SSSR count). The predicted molar refractivity (Wildman–Crippen MR) is 135 cm³/mol. The highest BCUT2D eigenvalue weighted by atomic mass is 16.5. The van der Waals surface area contributed by atoms with Crippen molar-refractivity contribution in [1.29, 1.82) is 0 Å². The molecule has 0 aliphatic heterocycles. The van der Waals surface area contributed by atoms with Crippen molar-refractivity contribution in [1.82, 2.24) is 29.9 Å². The number of amides is 2. The Morgan fingerprint density at radius 1 is 1.22 bits per heavy atom. The first kappa shape index (κ1) is 24.2. The zero-order chi connectivity index (χ0) is 25.9. The molecule has 190 valence electrons. The summed E-state index contributed by atoms with van der Waals surface area (Å²) in [6.45, 7) is 3.66. The number of carbonyl (C=O) groups is 2. The molecule has 4 aromatic heterocycles. The molecule has 0 bridgehead atoms. The Morgan fingerprint density at radius 3 is 2.81 bits per heavy atom. The van der Waals surface area contributed by atoms with Gasteiger partial charge in [-0.25, -0.2) is 14.5 Å².